The highest BCUT2D eigenvalue weighted by Crippen LogP contribution is 2.28. The van der Waals surface area contributed by atoms with Crippen molar-refractivity contribution >= 4 is 17.6 Å². The van der Waals surface area contributed by atoms with E-state index < -0.39 is 18.0 Å². The molecule has 0 bridgehead atoms. The Bertz CT molecular complexity index is 1120. The van der Waals surface area contributed by atoms with Crippen molar-refractivity contribution in [2.45, 2.75) is 13.0 Å². The van der Waals surface area contributed by atoms with Crippen molar-refractivity contribution in [1.82, 2.24) is 0 Å². The van der Waals surface area contributed by atoms with Gasteiger partial charge in [-0.15, -0.1) is 0 Å². The molecular formula is C24H20N2O4. The van der Waals surface area contributed by atoms with Crippen LogP contribution in [0.3, 0.4) is 0 Å². The van der Waals surface area contributed by atoms with Crippen LogP contribution < -0.4 is 10.1 Å². The van der Waals surface area contributed by atoms with Crippen molar-refractivity contribution < 1.29 is 19.1 Å². The van der Waals surface area contributed by atoms with Gasteiger partial charge in [-0.2, -0.15) is 5.26 Å². The summed E-state index contributed by atoms with van der Waals surface area (Å²) in [4.78, 5) is 25.3. The maximum atomic E-state index is 12.8. The Morgan fingerprint density at radius 3 is 2.30 bits per heavy atom. The van der Waals surface area contributed by atoms with E-state index in [9.17, 15) is 14.9 Å². The largest absolute Gasteiger partial charge is 0.495 e. The Morgan fingerprint density at radius 2 is 1.57 bits per heavy atom. The highest BCUT2D eigenvalue weighted by molar-refractivity contribution is 6.01. The van der Waals surface area contributed by atoms with Crippen molar-refractivity contribution in [3.63, 3.8) is 0 Å². The number of hydrogen-bond donors (Lipinski definition) is 1. The molecule has 0 unspecified atom stereocenters. The lowest BCUT2D eigenvalue weighted by Gasteiger charge is -2.16. The quantitative estimate of drug-likeness (QED) is 0.619. The summed E-state index contributed by atoms with van der Waals surface area (Å²) in [5, 5.41) is 12.1. The first-order valence-corrected chi connectivity index (χ1v) is 9.28. The summed E-state index contributed by atoms with van der Waals surface area (Å²) < 4.78 is 10.6. The number of ether oxygens (including phenoxy) is 2. The summed E-state index contributed by atoms with van der Waals surface area (Å²) in [5.41, 5.74) is 2.39. The topological polar surface area (TPSA) is 88.4 Å². The van der Waals surface area contributed by atoms with Gasteiger partial charge in [-0.1, -0.05) is 48.5 Å². The van der Waals surface area contributed by atoms with E-state index in [1.165, 1.54) is 14.0 Å². The maximum absolute atomic E-state index is 12.8. The van der Waals surface area contributed by atoms with Gasteiger partial charge in [0, 0.05) is 5.56 Å². The molecular weight excluding hydrogens is 380 g/mol. The number of rotatable bonds is 6. The average molecular weight is 400 g/mol. The molecule has 0 spiro atoms. The van der Waals surface area contributed by atoms with Gasteiger partial charge in [-0.05, 0) is 36.8 Å². The lowest BCUT2D eigenvalue weighted by Crippen LogP contribution is -2.30. The summed E-state index contributed by atoms with van der Waals surface area (Å²) in [5.74, 6) is -0.633. The minimum Gasteiger partial charge on any atom is -0.495 e. The summed E-state index contributed by atoms with van der Waals surface area (Å²) in [6, 6.07) is 22.9. The van der Waals surface area contributed by atoms with E-state index in [1.54, 1.807) is 72.8 Å². The molecule has 3 aromatic carbocycles. The first kappa shape index (κ1) is 20.6. The molecule has 150 valence electrons. The Kier molecular flexibility index (Phi) is 6.46. The van der Waals surface area contributed by atoms with Crippen molar-refractivity contribution in [1.29, 1.82) is 5.26 Å². The van der Waals surface area contributed by atoms with Crippen LogP contribution in [-0.2, 0) is 9.53 Å². The second-order valence-electron chi connectivity index (χ2n) is 6.44. The number of nitriles is 1. The summed E-state index contributed by atoms with van der Waals surface area (Å²) >= 11 is 0. The van der Waals surface area contributed by atoms with Crippen LogP contribution in [0.2, 0.25) is 0 Å². The number of para-hydroxylation sites is 2. The molecule has 1 amide bonds. The standard InChI is InChI=1S/C24H20N2O4/c1-16(23(27)26-21-13-7-8-14-22(21)29-2)30-24(28)20-12-6-5-11-19(20)18-10-4-3-9-17(18)15-25/h3-14,16H,1-2H3,(H,26,27)/t16-/m1/s1. The fourth-order valence-electron chi connectivity index (χ4n) is 2.97. The fourth-order valence-corrected chi connectivity index (χ4v) is 2.97. The first-order valence-electron chi connectivity index (χ1n) is 9.28. The van der Waals surface area contributed by atoms with Gasteiger partial charge in [0.1, 0.15) is 5.75 Å². The molecule has 0 fully saturated rings. The number of nitrogens with zero attached hydrogens (tertiary/aromatic N) is 1. The minimum atomic E-state index is -1.04. The number of carbonyl (C=O) groups is 2. The lowest BCUT2D eigenvalue weighted by molar-refractivity contribution is -0.123. The molecule has 0 saturated carbocycles. The fraction of sp³-hybridized carbons (Fsp3) is 0.125. The van der Waals surface area contributed by atoms with Gasteiger partial charge in [0.05, 0.1) is 30.0 Å². The molecule has 6 nitrogen and oxygen atoms in total. The minimum absolute atomic E-state index is 0.275. The van der Waals surface area contributed by atoms with Crippen LogP contribution in [0.4, 0.5) is 5.69 Å². The van der Waals surface area contributed by atoms with E-state index in [0.717, 1.165) is 0 Å². The van der Waals surface area contributed by atoms with E-state index >= 15 is 0 Å². The predicted molar refractivity (Wildman–Crippen MR) is 113 cm³/mol. The maximum Gasteiger partial charge on any atom is 0.339 e. The van der Waals surface area contributed by atoms with Crippen LogP contribution in [0.25, 0.3) is 11.1 Å². The molecule has 0 saturated heterocycles. The van der Waals surface area contributed by atoms with Crippen LogP contribution in [0.15, 0.2) is 72.8 Å². The Labute approximate surface area is 174 Å². The van der Waals surface area contributed by atoms with Crippen LogP contribution in [0.5, 0.6) is 5.75 Å². The molecule has 1 N–H and O–H groups in total. The molecule has 3 aromatic rings. The lowest BCUT2D eigenvalue weighted by atomic mass is 9.96. The molecule has 0 aromatic heterocycles. The van der Waals surface area contributed by atoms with Crippen LogP contribution in [0.1, 0.15) is 22.8 Å². The third-order valence-electron chi connectivity index (χ3n) is 4.50. The number of amides is 1. The number of anilines is 1. The number of carbonyl (C=O) groups excluding carboxylic acids is 2. The van der Waals surface area contributed by atoms with Crippen LogP contribution in [0, 0.1) is 11.3 Å². The van der Waals surface area contributed by atoms with Gasteiger partial charge in [0.25, 0.3) is 5.91 Å². The highest BCUT2D eigenvalue weighted by atomic mass is 16.5. The number of hydrogen-bond acceptors (Lipinski definition) is 5. The van der Waals surface area contributed by atoms with E-state index in [4.69, 9.17) is 9.47 Å². The third kappa shape index (κ3) is 4.47. The van der Waals surface area contributed by atoms with Crippen molar-refractivity contribution in [3.8, 4) is 22.9 Å². The molecule has 0 heterocycles. The smallest absolute Gasteiger partial charge is 0.339 e. The molecule has 0 aliphatic carbocycles. The Hall–Kier alpha value is -4.11. The van der Waals surface area contributed by atoms with Crippen LogP contribution >= 0.6 is 0 Å². The van der Waals surface area contributed by atoms with E-state index in [2.05, 4.69) is 11.4 Å². The molecule has 6 heteroatoms. The van der Waals surface area contributed by atoms with Crippen LogP contribution in [-0.4, -0.2) is 25.1 Å². The summed E-state index contributed by atoms with van der Waals surface area (Å²) in [7, 11) is 1.50. The Morgan fingerprint density at radius 1 is 0.933 bits per heavy atom. The van der Waals surface area contributed by atoms with E-state index in [1.807, 2.05) is 0 Å². The molecule has 0 radical (unpaired) electrons. The van der Waals surface area contributed by atoms with Crippen molar-refractivity contribution in [2.24, 2.45) is 0 Å². The SMILES string of the molecule is COc1ccccc1NC(=O)[C@@H](C)OC(=O)c1ccccc1-c1ccccc1C#N. The van der Waals surface area contributed by atoms with Gasteiger partial charge in [0.2, 0.25) is 0 Å². The average Bonchev–Trinajstić information content (AvgIpc) is 2.79. The molecule has 0 aliphatic heterocycles. The molecule has 3 rings (SSSR count). The zero-order chi connectivity index (χ0) is 21.5. The molecule has 0 aliphatic rings. The van der Waals surface area contributed by atoms with E-state index in [-0.39, 0.29) is 5.56 Å². The molecule has 30 heavy (non-hydrogen) atoms. The summed E-state index contributed by atoms with van der Waals surface area (Å²) in [6.07, 6.45) is -1.04. The third-order valence-corrected chi connectivity index (χ3v) is 4.50. The van der Waals surface area contributed by atoms with Crippen molar-refractivity contribution in [3.05, 3.63) is 83.9 Å². The second-order valence-corrected chi connectivity index (χ2v) is 6.44. The van der Waals surface area contributed by atoms with E-state index in [0.29, 0.717) is 28.1 Å². The number of benzene rings is 3. The van der Waals surface area contributed by atoms with Gasteiger partial charge >= 0.3 is 5.97 Å². The summed E-state index contributed by atoms with van der Waals surface area (Å²) in [6.45, 7) is 1.49. The number of methoxy groups -OCH3 is 1. The van der Waals surface area contributed by atoms with Gasteiger partial charge in [0.15, 0.2) is 6.10 Å². The second kappa shape index (κ2) is 9.39. The number of nitrogens with one attached hydrogen (secondary N) is 1. The normalized spacial score (nSPS) is 11.1. The van der Waals surface area contributed by atoms with Crippen molar-refractivity contribution in [2.75, 3.05) is 12.4 Å². The zero-order valence-electron chi connectivity index (χ0n) is 16.6. The number of esters is 1. The Balaban J connectivity index is 1.80. The van der Waals surface area contributed by atoms with Gasteiger partial charge < -0.3 is 14.8 Å². The predicted octanol–water partition coefficient (Wildman–Crippen LogP) is 4.42. The zero-order valence-corrected chi connectivity index (χ0v) is 16.6. The highest BCUT2D eigenvalue weighted by Gasteiger charge is 2.22. The van der Waals surface area contributed by atoms with Gasteiger partial charge in [-0.25, -0.2) is 4.79 Å². The molecule has 1 atom stereocenters. The first-order chi connectivity index (χ1) is 14.5. The monoisotopic (exact) mass is 400 g/mol. The van der Waals surface area contributed by atoms with Gasteiger partial charge in [-0.3, -0.25) is 4.79 Å².